The molecule has 1 heteroatoms. The van der Waals surface area contributed by atoms with Crippen molar-refractivity contribution >= 4 is 6.29 Å². The van der Waals surface area contributed by atoms with E-state index in [1.807, 2.05) is 0 Å². The van der Waals surface area contributed by atoms with Gasteiger partial charge in [-0.05, 0) is 42.1 Å². The van der Waals surface area contributed by atoms with Crippen molar-refractivity contribution in [3.8, 4) is 0 Å². The molecule has 62 valence electrons. The van der Waals surface area contributed by atoms with Crippen LogP contribution in [0.25, 0.3) is 0 Å². The molecule has 0 saturated heterocycles. The van der Waals surface area contributed by atoms with Crippen LogP contribution in [0, 0.1) is 23.7 Å². The first-order valence-corrected chi connectivity index (χ1v) is 4.73. The molecule has 0 aliphatic heterocycles. The van der Waals surface area contributed by atoms with Crippen molar-refractivity contribution < 1.29 is 4.79 Å². The SMILES string of the molecule is O=CC1=CCC2C3C=CC(C3)C12. The zero-order valence-corrected chi connectivity index (χ0v) is 6.94. The molecule has 3 aliphatic rings. The van der Waals surface area contributed by atoms with Crippen LogP contribution < -0.4 is 0 Å². The highest BCUT2D eigenvalue weighted by atomic mass is 16.1. The largest absolute Gasteiger partial charge is 0.298 e. The van der Waals surface area contributed by atoms with E-state index in [1.54, 1.807) is 0 Å². The molecular weight excluding hydrogens is 148 g/mol. The predicted octanol–water partition coefficient (Wildman–Crippen LogP) is 1.95. The predicted molar refractivity (Wildman–Crippen MR) is 46.5 cm³/mol. The molecule has 0 amide bonds. The first kappa shape index (κ1) is 6.64. The number of aldehydes is 1. The lowest BCUT2D eigenvalue weighted by Crippen LogP contribution is -2.16. The lowest BCUT2D eigenvalue weighted by Gasteiger charge is -2.21. The second-order valence-electron chi connectivity index (χ2n) is 4.20. The van der Waals surface area contributed by atoms with Gasteiger partial charge in [0, 0.05) is 0 Å². The number of rotatable bonds is 1. The third-order valence-electron chi connectivity index (χ3n) is 3.77. The highest BCUT2D eigenvalue weighted by Crippen LogP contribution is 2.54. The van der Waals surface area contributed by atoms with Gasteiger partial charge in [0.25, 0.3) is 0 Å². The Kier molecular flexibility index (Phi) is 1.16. The van der Waals surface area contributed by atoms with Gasteiger partial charge in [-0.15, -0.1) is 0 Å². The highest BCUT2D eigenvalue weighted by Gasteiger charge is 2.47. The quantitative estimate of drug-likeness (QED) is 0.423. The minimum absolute atomic E-state index is 0.595. The Bertz CT molecular complexity index is 287. The number of hydrogen-bond donors (Lipinski definition) is 0. The Morgan fingerprint density at radius 2 is 2.17 bits per heavy atom. The van der Waals surface area contributed by atoms with E-state index >= 15 is 0 Å². The molecule has 0 aromatic carbocycles. The van der Waals surface area contributed by atoms with E-state index in [0.29, 0.717) is 11.8 Å². The molecule has 0 radical (unpaired) electrons. The van der Waals surface area contributed by atoms with Gasteiger partial charge in [-0.2, -0.15) is 0 Å². The van der Waals surface area contributed by atoms with E-state index in [4.69, 9.17) is 0 Å². The van der Waals surface area contributed by atoms with Crippen molar-refractivity contribution in [3.05, 3.63) is 23.8 Å². The van der Waals surface area contributed by atoms with Crippen LogP contribution in [0.3, 0.4) is 0 Å². The van der Waals surface area contributed by atoms with Crippen molar-refractivity contribution in [3.63, 3.8) is 0 Å². The molecule has 1 fully saturated rings. The van der Waals surface area contributed by atoms with Gasteiger partial charge in [-0.25, -0.2) is 0 Å². The van der Waals surface area contributed by atoms with E-state index in [-0.39, 0.29) is 0 Å². The Balaban J connectivity index is 2.00. The molecule has 0 heterocycles. The normalized spacial score (nSPS) is 47.8. The molecule has 0 aromatic heterocycles. The lowest BCUT2D eigenvalue weighted by molar-refractivity contribution is -0.105. The summed E-state index contributed by atoms with van der Waals surface area (Å²) in [6, 6.07) is 0. The van der Waals surface area contributed by atoms with Crippen molar-refractivity contribution in [2.75, 3.05) is 0 Å². The van der Waals surface area contributed by atoms with Crippen molar-refractivity contribution in [1.29, 1.82) is 0 Å². The minimum atomic E-state index is 0.595. The average molecular weight is 160 g/mol. The lowest BCUT2D eigenvalue weighted by atomic mass is 9.83. The fourth-order valence-corrected chi connectivity index (χ4v) is 3.28. The summed E-state index contributed by atoms with van der Waals surface area (Å²) in [5.74, 6) is 2.85. The Hall–Kier alpha value is -0.850. The maximum Gasteiger partial charge on any atom is 0.146 e. The molecule has 0 spiro atoms. The van der Waals surface area contributed by atoms with Crippen LogP contribution in [-0.4, -0.2) is 6.29 Å². The van der Waals surface area contributed by atoms with Gasteiger partial charge in [0.2, 0.25) is 0 Å². The number of carbonyl (C=O) groups is 1. The maximum absolute atomic E-state index is 10.7. The second-order valence-corrected chi connectivity index (χ2v) is 4.20. The van der Waals surface area contributed by atoms with Crippen molar-refractivity contribution in [2.24, 2.45) is 23.7 Å². The van der Waals surface area contributed by atoms with Gasteiger partial charge in [0.05, 0.1) is 0 Å². The van der Waals surface area contributed by atoms with E-state index < -0.39 is 0 Å². The molecule has 0 aromatic rings. The zero-order chi connectivity index (χ0) is 8.13. The van der Waals surface area contributed by atoms with Crippen LogP contribution in [0.2, 0.25) is 0 Å². The zero-order valence-electron chi connectivity index (χ0n) is 6.94. The summed E-state index contributed by atoms with van der Waals surface area (Å²) in [4.78, 5) is 10.7. The monoisotopic (exact) mass is 160 g/mol. The summed E-state index contributed by atoms with van der Waals surface area (Å²) in [5, 5.41) is 0. The molecule has 0 N–H and O–H groups in total. The third-order valence-corrected chi connectivity index (χ3v) is 3.77. The second kappa shape index (κ2) is 2.09. The number of carbonyl (C=O) groups excluding carboxylic acids is 1. The molecule has 4 unspecified atom stereocenters. The maximum atomic E-state index is 10.7. The van der Waals surface area contributed by atoms with Crippen LogP contribution in [0.5, 0.6) is 0 Å². The standard InChI is InChI=1S/C11H12O/c12-6-9-3-4-10-7-1-2-8(5-7)11(9)10/h1-3,6-8,10-11H,4-5H2. The summed E-state index contributed by atoms with van der Waals surface area (Å²) < 4.78 is 0. The molecule has 3 rings (SSSR count). The highest BCUT2D eigenvalue weighted by molar-refractivity contribution is 5.75. The summed E-state index contributed by atoms with van der Waals surface area (Å²) in [5.41, 5.74) is 1.08. The van der Waals surface area contributed by atoms with Gasteiger partial charge in [0.1, 0.15) is 6.29 Å². The van der Waals surface area contributed by atoms with E-state index in [9.17, 15) is 4.79 Å². The van der Waals surface area contributed by atoms with Crippen LogP contribution in [-0.2, 0) is 4.79 Å². The summed E-state index contributed by atoms with van der Waals surface area (Å²) >= 11 is 0. The van der Waals surface area contributed by atoms with Gasteiger partial charge in [-0.3, -0.25) is 4.79 Å². The minimum Gasteiger partial charge on any atom is -0.298 e. The van der Waals surface area contributed by atoms with Gasteiger partial charge >= 0.3 is 0 Å². The number of hydrogen-bond acceptors (Lipinski definition) is 1. The first-order chi connectivity index (χ1) is 5.90. The van der Waals surface area contributed by atoms with E-state index in [0.717, 1.165) is 30.1 Å². The fourth-order valence-electron chi connectivity index (χ4n) is 3.28. The summed E-state index contributed by atoms with van der Waals surface area (Å²) in [7, 11) is 0. The summed E-state index contributed by atoms with van der Waals surface area (Å²) in [6.45, 7) is 0. The number of fused-ring (bicyclic) bond motifs is 5. The van der Waals surface area contributed by atoms with Gasteiger partial charge < -0.3 is 0 Å². The Morgan fingerprint density at radius 3 is 3.00 bits per heavy atom. The molecule has 2 bridgehead atoms. The van der Waals surface area contributed by atoms with Crippen molar-refractivity contribution in [1.82, 2.24) is 0 Å². The first-order valence-electron chi connectivity index (χ1n) is 4.73. The molecule has 12 heavy (non-hydrogen) atoms. The summed E-state index contributed by atoms with van der Waals surface area (Å²) in [6.07, 6.45) is 10.3. The number of allylic oxidation sites excluding steroid dienone is 4. The molecule has 1 saturated carbocycles. The van der Waals surface area contributed by atoms with Crippen LogP contribution in [0.15, 0.2) is 23.8 Å². The average Bonchev–Trinajstić information content (AvgIpc) is 2.76. The Labute approximate surface area is 72.2 Å². The topological polar surface area (TPSA) is 17.1 Å². The smallest absolute Gasteiger partial charge is 0.146 e. The van der Waals surface area contributed by atoms with Gasteiger partial charge in [0.15, 0.2) is 0 Å². The van der Waals surface area contributed by atoms with Crippen LogP contribution >= 0.6 is 0 Å². The van der Waals surface area contributed by atoms with E-state index in [2.05, 4.69) is 18.2 Å². The molecule has 1 nitrogen and oxygen atoms in total. The van der Waals surface area contributed by atoms with Gasteiger partial charge in [-0.1, -0.05) is 18.2 Å². The van der Waals surface area contributed by atoms with Crippen molar-refractivity contribution in [2.45, 2.75) is 12.8 Å². The molecular formula is C11H12O. The molecule has 4 atom stereocenters. The molecule has 3 aliphatic carbocycles. The van der Waals surface area contributed by atoms with E-state index in [1.165, 1.54) is 6.42 Å². The van der Waals surface area contributed by atoms with Crippen LogP contribution in [0.1, 0.15) is 12.8 Å². The Morgan fingerprint density at radius 1 is 1.33 bits per heavy atom. The fraction of sp³-hybridized carbons (Fsp3) is 0.545. The third kappa shape index (κ3) is 0.626. The van der Waals surface area contributed by atoms with Crippen LogP contribution in [0.4, 0.5) is 0 Å².